The molecule has 1 heterocycles. The van der Waals surface area contributed by atoms with Gasteiger partial charge in [-0.25, -0.2) is 0 Å². The van der Waals surface area contributed by atoms with Crippen LogP contribution in [0, 0.1) is 0 Å². The number of benzene rings is 1. The Morgan fingerprint density at radius 1 is 1.24 bits per heavy atom. The maximum Gasteiger partial charge on any atom is 0.303 e. The number of esters is 1. The van der Waals surface area contributed by atoms with Crippen molar-refractivity contribution in [3.8, 4) is 0 Å². The van der Waals surface area contributed by atoms with E-state index in [1.165, 1.54) is 12.5 Å². The molecule has 0 aromatic heterocycles. The molecule has 112 valence electrons. The molecule has 1 saturated carbocycles. The molecule has 1 spiro atoms. The van der Waals surface area contributed by atoms with E-state index in [1.807, 2.05) is 18.2 Å². The first-order valence-electron chi connectivity index (χ1n) is 7.76. The molecule has 21 heavy (non-hydrogen) atoms. The summed E-state index contributed by atoms with van der Waals surface area (Å²) in [4.78, 5) is 11.8. The number of hydrogen-bond acceptors (Lipinski definition) is 4. The molecular weight excluding hydrogens is 268 g/mol. The third kappa shape index (κ3) is 1.60. The van der Waals surface area contributed by atoms with Crippen LogP contribution in [-0.2, 0) is 24.6 Å². The summed E-state index contributed by atoms with van der Waals surface area (Å²) >= 11 is 0. The second-order valence-corrected chi connectivity index (χ2v) is 6.16. The fourth-order valence-corrected chi connectivity index (χ4v) is 4.39. The maximum atomic E-state index is 11.8. The second kappa shape index (κ2) is 4.55. The Kier molecular flexibility index (Phi) is 2.88. The van der Waals surface area contributed by atoms with Gasteiger partial charge in [-0.15, -0.1) is 0 Å². The van der Waals surface area contributed by atoms with Crippen LogP contribution in [0.1, 0.15) is 49.7 Å². The zero-order valence-electron chi connectivity index (χ0n) is 12.3. The summed E-state index contributed by atoms with van der Waals surface area (Å²) in [6.07, 6.45) is 3.72. The second-order valence-electron chi connectivity index (χ2n) is 6.16. The van der Waals surface area contributed by atoms with Crippen molar-refractivity contribution in [1.82, 2.24) is 0 Å². The van der Waals surface area contributed by atoms with E-state index in [2.05, 4.69) is 6.07 Å². The lowest BCUT2D eigenvalue weighted by atomic mass is 9.54. The summed E-state index contributed by atoms with van der Waals surface area (Å²) in [5.74, 6) is -0.883. The molecule has 0 amide bonds. The fourth-order valence-electron chi connectivity index (χ4n) is 4.39. The van der Waals surface area contributed by atoms with Crippen LogP contribution < -0.4 is 0 Å². The standard InChI is InChI=1S/C17H20O4/c1-12(18)21-17-14-7-3-2-6-13(14)15(17)8-4-9-16(17)19-10-5-11-20-16/h2-3,6-7,15H,4-5,8-11H2,1H3/t15-,17+/m0/s1. The van der Waals surface area contributed by atoms with E-state index in [0.29, 0.717) is 13.2 Å². The van der Waals surface area contributed by atoms with Gasteiger partial charge in [0.1, 0.15) is 0 Å². The van der Waals surface area contributed by atoms with Gasteiger partial charge in [0.15, 0.2) is 5.60 Å². The molecule has 1 saturated heterocycles. The summed E-state index contributed by atoms with van der Waals surface area (Å²) < 4.78 is 18.1. The van der Waals surface area contributed by atoms with Crippen molar-refractivity contribution >= 4 is 5.97 Å². The minimum absolute atomic E-state index is 0.185. The van der Waals surface area contributed by atoms with Crippen molar-refractivity contribution in [3.63, 3.8) is 0 Å². The van der Waals surface area contributed by atoms with Crippen molar-refractivity contribution in [2.24, 2.45) is 0 Å². The molecule has 0 unspecified atom stereocenters. The number of ether oxygens (including phenoxy) is 3. The zero-order chi connectivity index (χ0) is 14.5. The summed E-state index contributed by atoms with van der Waals surface area (Å²) in [7, 11) is 0. The van der Waals surface area contributed by atoms with Crippen molar-refractivity contribution in [1.29, 1.82) is 0 Å². The van der Waals surface area contributed by atoms with Gasteiger partial charge in [0, 0.05) is 24.8 Å². The third-order valence-electron chi connectivity index (χ3n) is 5.06. The number of fused-ring (bicyclic) bond motifs is 5. The van der Waals surface area contributed by atoms with Crippen molar-refractivity contribution in [3.05, 3.63) is 35.4 Å². The van der Waals surface area contributed by atoms with Crippen LogP contribution in [0.2, 0.25) is 0 Å². The topological polar surface area (TPSA) is 44.8 Å². The zero-order valence-corrected chi connectivity index (χ0v) is 12.3. The predicted molar refractivity (Wildman–Crippen MR) is 75.7 cm³/mol. The van der Waals surface area contributed by atoms with E-state index >= 15 is 0 Å². The molecule has 1 aliphatic heterocycles. The van der Waals surface area contributed by atoms with Crippen LogP contribution in [-0.4, -0.2) is 25.0 Å². The normalized spacial score (nSPS) is 32.7. The molecule has 2 fully saturated rings. The van der Waals surface area contributed by atoms with Crippen LogP contribution in [0.25, 0.3) is 0 Å². The minimum Gasteiger partial charge on any atom is -0.448 e. The van der Waals surface area contributed by atoms with Gasteiger partial charge in [0.25, 0.3) is 0 Å². The van der Waals surface area contributed by atoms with Crippen LogP contribution in [0.15, 0.2) is 24.3 Å². The first-order valence-corrected chi connectivity index (χ1v) is 7.76. The highest BCUT2D eigenvalue weighted by molar-refractivity contribution is 5.69. The molecule has 4 rings (SSSR count). The molecule has 0 radical (unpaired) electrons. The van der Waals surface area contributed by atoms with E-state index in [4.69, 9.17) is 14.2 Å². The number of hydrogen-bond donors (Lipinski definition) is 0. The molecule has 0 N–H and O–H groups in total. The van der Waals surface area contributed by atoms with E-state index in [-0.39, 0.29) is 11.9 Å². The summed E-state index contributed by atoms with van der Waals surface area (Å²) in [6, 6.07) is 8.21. The van der Waals surface area contributed by atoms with Crippen LogP contribution in [0.3, 0.4) is 0 Å². The smallest absolute Gasteiger partial charge is 0.303 e. The average Bonchev–Trinajstić information content (AvgIpc) is 2.49. The van der Waals surface area contributed by atoms with Crippen LogP contribution >= 0.6 is 0 Å². The molecule has 2 aliphatic carbocycles. The first kappa shape index (κ1) is 13.3. The van der Waals surface area contributed by atoms with Gasteiger partial charge in [0.05, 0.1) is 13.2 Å². The quantitative estimate of drug-likeness (QED) is 0.745. The van der Waals surface area contributed by atoms with Crippen LogP contribution in [0.4, 0.5) is 0 Å². The van der Waals surface area contributed by atoms with E-state index in [9.17, 15) is 4.79 Å². The van der Waals surface area contributed by atoms with Crippen molar-refractivity contribution < 1.29 is 19.0 Å². The number of carbonyl (C=O) groups is 1. The van der Waals surface area contributed by atoms with E-state index < -0.39 is 11.4 Å². The van der Waals surface area contributed by atoms with Gasteiger partial charge in [-0.3, -0.25) is 4.79 Å². The largest absolute Gasteiger partial charge is 0.448 e. The van der Waals surface area contributed by atoms with Gasteiger partial charge in [-0.2, -0.15) is 0 Å². The van der Waals surface area contributed by atoms with Gasteiger partial charge < -0.3 is 14.2 Å². The fraction of sp³-hybridized carbons (Fsp3) is 0.588. The lowest BCUT2D eigenvalue weighted by molar-refractivity contribution is -0.373. The molecule has 3 aliphatic rings. The summed E-state index contributed by atoms with van der Waals surface area (Å²) in [5, 5.41) is 0. The summed E-state index contributed by atoms with van der Waals surface area (Å²) in [5.41, 5.74) is 1.58. The Morgan fingerprint density at radius 2 is 2.00 bits per heavy atom. The molecule has 1 aromatic carbocycles. The highest BCUT2D eigenvalue weighted by atomic mass is 16.7. The molecule has 4 nitrogen and oxygen atoms in total. The van der Waals surface area contributed by atoms with Gasteiger partial charge in [-0.1, -0.05) is 24.3 Å². The minimum atomic E-state index is -0.797. The van der Waals surface area contributed by atoms with Crippen molar-refractivity contribution in [2.75, 3.05) is 13.2 Å². The molecule has 0 bridgehead atoms. The summed E-state index contributed by atoms with van der Waals surface area (Å²) in [6.45, 7) is 2.80. The van der Waals surface area contributed by atoms with Gasteiger partial charge >= 0.3 is 5.97 Å². The first-order chi connectivity index (χ1) is 10.2. The van der Waals surface area contributed by atoms with E-state index in [0.717, 1.165) is 31.2 Å². The highest BCUT2D eigenvalue weighted by Crippen LogP contribution is 2.65. The average molecular weight is 288 g/mol. The Bertz CT molecular complexity index is 570. The molecular formula is C17H20O4. The highest BCUT2D eigenvalue weighted by Gasteiger charge is 2.70. The number of rotatable bonds is 1. The van der Waals surface area contributed by atoms with Gasteiger partial charge in [0.2, 0.25) is 5.79 Å². The third-order valence-corrected chi connectivity index (χ3v) is 5.06. The lowest BCUT2D eigenvalue weighted by Gasteiger charge is -2.62. The number of carbonyl (C=O) groups excluding carboxylic acids is 1. The lowest BCUT2D eigenvalue weighted by Crippen LogP contribution is -2.68. The van der Waals surface area contributed by atoms with Gasteiger partial charge in [-0.05, 0) is 24.8 Å². The van der Waals surface area contributed by atoms with Crippen molar-refractivity contribution in [2.45, 2.75) is 49.9 Å². The Balaban J connectivity index is 1.87. The van der Waals surface area contributed by atoms with Crippen LogP contribution in [0.5, 0.6) is 0 Å². The predicted octanol–water partition coefficient (Wildman–Crippen LogP) is 2.86. The Labute approximate surface area is 124 Å². The Morgan fingerprint density at radius 3 is 2.76 bits per heavy atom. The molecule has 2 atom stereocenters. The molecule has 1 aromatic rings. The maximum absolute atomic E-state index is 11.8. The SMILES string of the molecule is CC(=O)O[C@]12c3ccccc3[C@@H]1CCCC21OCCCO1. The Hall–Kier alpha value is -1.39. The van der Waals surface area contributed by atoms with E-state index in [1.54, 1.807) is 0 Å². The molecule has 4 heteroatoms. The monoisotopic (exact) mass is 288 g/mol.